The maximum Gasteiger partial charge on any atom is 0.329 e. The van der Waals surface area contributed by atoms with Gasteiger partial charge < -0.3 is 15.4 Å². The summed E-state index contributed by atoms with van der Waals surface area (Å²) in [5, 5.41) is 9.51. The standard InChI is InChI=1S/C25H23ClN4O4/c1-16-10-11-19(13-21(16)26)28-24(32)25(33)30-27-14-18-7-5-8-20(12-18)34-15-23(31)29-22-9-4-3-6-17(22)2/h3-14H,15H2,1-2H3,(H,28,32)(H,29,31)(H,30,33)/b27-14-. The molecular formula is C25H23ClN4O4. The van der Waals surface area contributed by atoms with Crippen LogP contribution in [-0.2, 0) is 14.4 Å². The van der Waals surface area contributed by atoms with E-state index < -0.39 is 11.8 Å². The Morgan fingerprint density at radius 1 is 0.912 bits per heavy atom. The first kappa shape index (κ1) is 24.5. The van der Waals surface area contributed by atoms with E-state index in [2.05, 4.69) is 21.2 Å². The van der Waals surface area contributed by atoms with Gasteiger partial charge in [-0.2, -0.15) is 5.10 Å². The third-order valence-electron chi connectivity index (χ3n) is 4.66. The maximum absolute atomic E-state index is 12.1. The van der Waals surface area contributed by atoms with Crippen molar-refractivity contribution in [1.82, 2.24) is 5.43 Å². The molecule has 0 fully saturated rings. The van der Waals surface area contributed by atoms with Gasteiger partial charge in [0.25, 0.3) is 5.91 Å². The van der Waals surface area contributed by atoms with Crippen LogP contribution in [-0.4, -0.2) is 30.5 Å². The van der Waals surface area contributed by atoms with Gasteiger partial charge >= 0.3 is 11.8 Å². The lowest BCUT2D eigenvalue weighted by atomic mass is 10.2. The van der Waals surface area contributed by atoms with Crippen LogP contribution in [0.1, 0.15) is 16.7 Å². The lowest BCUT2D eigenvalue weighted by molar-refractivity contribution is -0.136. The highest BCUT2D eigenvalue weighted by atomic mass is 35.5. The Morgan fingerprint density at radius 2 is 1.71 bits per heavy atom. The number of carbonyl (C=O) groups excluding carboxylic acids is 3. The van der Waals surface area contributed by atoms with Gasteiger partial charge in [-0.25, -0.2) is 5.43 Å². The van der Waals surface area contributed by atoms with E-state index in [1.165, 1.54) is 6.21 Å². The van der Waals surface area contributed by atoms with Crippen LogP contribution in [0.2, 0.25) is 5.02 Å². The second-order valence-corrected chi connectivity index (χ2v) is 7.75. The second kappa shape index (κ2) is 11.6. The predicted octanol–water partition coefficient (Wildman–Crippen LogP) is 4.06. The molecular weight excluding hydrogens is 456 g/mol. The van der Waals surface area contributed by atoms with E-state index in [1.54, 1.807) is 42.5 Å². The molecule has 0 aliphatic heterocycles. The lowest BCUT2D eigenvalue weighted by Gasteiger charge is -2.09. The Labute approximate surface area is 202 Å². The fourth-order valence-corrected chi connectivity index (χ4v) is 2.99. The number of hydrogen-bond donors (Lipinski definition) is 3. The number of ether oxygens (including phenoxy) is 1. The summed E-state index contributed by atoms with van der Waals surface area (Å²) < 4.78 is 5.53. The average molecular weight is 479 g/mol. The number of hydrazone groups is 1. The molecule has 8 nitrogen and oxygen atoms in total. The van der Waals surface area contributed by atoms with Crippen LogP contribution in [0.15, 0.2) is 71.8 Å². The molecule has 3 aromatic carbocycles. The highest BCUT2D eigenvalue weighted by Gasteiger charge is 2.13. The van der Waals surface area contributed by atoms with Gasteiger partial charge in [0.1, 0.15) is 5.75 Å². The molecule has 0 aliphatic rings. The van der Waals surface area contributed by atoms with Gasteiger partial charge in [-0.05, 0) is 60.9 Å². The first-order valence-corrected chi connectivity index (χ1v) is 10.7. The van der Waals surface area contributed by atoms with E-state index in [-0.39, 0.29) is 12.5 Å². The zero-order chi connectivity index (χ0) is 24.5. The molecule has 0 atom stereocenters. The number of nitrogens with one attached hydrogen (secondary N) is 3. The number of aryl methyl sites for hydroxylation is 2. The van der Waals surface area contributed by atoms with Crippen LogP contribution in [0, 0.1) is 13.8 Å². The molecule has 0 aromatic heterocycles. The SMILES string of the molecule is Cc1ccc(NC(=O)C(=O)N/N=C\c2cccc(OCC(=O)Nc3ccccc3C)c2)cc1Cl. The first-order chi connectivity index (χ1) is 16.3. The Morgan fingerprint density at radius 3 is 2.47 bits per heavy atom. The van der Waals surface area contributed by atoms with Crippen molar-refractivity contribution in [3.63, 3.8) is 0 Å². The Kier molecular flexibility index (Phi) is 8.37. The lowest BCUT2D eigenvalue weighted by Crippen LogP contribution is -2.32. The third kappa shape index (κ3) is 7.18. The van der Waals surface area contributed by atoms with E-state index in [0.717, 1.165) is 16.8 Å². The summed E-state index contributed by atoms with van der Waals surface area (Å²) >= 11 is 6.02. The molecule has 34 heavy (non-hydrogen) atoms. The Balaban J connectivity index is 1.49. The Hall–Kier alpha value is -4.17. The summed E-state index contributed by atoms with van der Waals surface area (Å²) in [6.45, 7) is 3.56. The molecule has 0 bridgehead atoms. The fraction of sp³-hybridized carbons (Fsp3) is 0.120. The third-order valence-corrected chi connectivity index (χ3v) is 5.07. The summed E-state index contributed by atoms with van der Waals surface area (Å²) in [6.07, 6.45) is 1.36. The predicted molar refractivity (Wildman–Crippen MR) is 132 cm³/mol. The molecule has 0 radical (unpaired) electrons. The number of hydrogen-bond acceptors (Lipinski definition) is 5. The van der Waals surface area contributed by atoms with E-state index in [9.17, 15) is 14.4 Å². The molecule has 0 aliphatic carbocycles. The molecule has 0 heterocycles. The van der Waals surface area contributed by atoms with Gasteiger partial charge in [-0.1, -0.05) is 48.0 Å². The van der Waals surface area contributed by atoms with Crippen molar-refractivity contribution in [2.24, 2.45) is 5.10 Å². The Bertz CT molecular complexity index is 1240. The number of nitrogens with zero attached hydrogens (tertiary/aromatic N) is 1. The van der Waals surface area contributed by atoms with Gasteiger partial charge in [0.15, 0.2) is 6.61 Å². The van der Waals surface area contributed by atoms with Crippen molar-refractivity contribution in [3.8, 4) is 5.75 Å². The molecule has 0 unspecified atom stereocenters. The van der Waals surface area contributed by atoms with Crippen LogP contribution >= 0.6 is 11.6 Å². The quantitative estimate of drug-likeness (QED) is 0.270. The monoisotopic (exact) mass is 478 g/mol. The summed E-state index contributed by atoms with van der Waals surface area (Å²) in [6, 6.07) is 19.2. The second-order valence-electron chi connectivity index (χ2n) is 7.34. The normalized spacial score (nSPS) is 10.6. The first-order valence-electron chi connectivity index (χ1n) is 10.3. The van der Waals surface area contributed by atoms with Crippen molar-refractivity contribution >= 4 is 46.9 Å². The topological polar surface area (TPSA) is 109 Å². The highest BCUT2D eigenvalue weighted by molar-refractivity contribution is 6.39. The van der Waals surface area contributed by atoms with Crippen molar-refractivity contribution in [1.29, 1.82) is 0 Å². The fourth-order valence-electron chi connectivity index (χ4n) is 2.81. The molecule has 3 aromatic rings. The smallest absolute Gasteiger partial charge is 0.329 e. The summed E-state index contributed by atoms with van der Waals surface area (Å²) in [4.78, 5) is 36.1. The average Bonchev–Trinajstić information content (AvgIpc) is 2.82. The highest BCUT2D eigenvalue weighted by Crippen LogP contribution is 2.20. The van der Waals surface area contributed by atoms with Gasteiger partial charge in [0.2, 0.25) is 0 Å². The maximum atomic E-state index is 12.1. The molecule has 174 valence electrons. The van der Waals surface area contributed by atoms with Crippen LogP contribution < -0.4 is 20.8 Å². The number of halogens is 1. The van der Waals surface area contributed by atoms with Gasteiger partial charge in [0.05, 0.1) is 6.21 Å². The summed E-state index contributed by atoms with van der Waals surface area (Å²) in [5.41, 5.74) is 5.69. The molecule has 0 spiro atoms. The number of para-hydroxylation sites is 1. The molecule has 0 saturated carbocycles. The zero-order valence-corrected chi connectivity index (χ0v) is 19.3. The molecule has 3 N–H and O–H groups in total. The number of amides is 3. The number of benzene rings is 3. The van der Waals surface area contributed by atoms with Gasteiger partial charge in [-0.15, -0.1) is 0 Å². The summed E-state index contributed by atoms with van der Waals surface area (Å²) in [5.74, 6) is -1.66. The van der Waals surface area contributed by atoms with Crippen LogP contribution in [0.3, 0.4) is 0 Å². The number of anilines is 2. The summed E-state index contributed by atoms with van der Waals surface area (Å²) in [7, 11) is 0. The van der Waals surface area contributed by atoms with E-state index in [4.69, 9.17) is 16.3 Å². The number of rotatable bonds is 7. The largest absolute Gasteiger partial charge is 0.484 e. The molecule has 3 rings (SSSR count). The van der Waals surface area contributed by atoms with E-state index in [0.29, 0.717) is 22.0 Å². The van der Waals surface area contributed by atoms with Crippen molar-refractivity contribution in [3.05, 3.63) is 88.4 Å². The van der Waals surface area contributed by atoms with Crippen LogP contribution in [0.4, 0.5) is 11.4 Å². The molecule has 0 saturated heterocycles. The van der Waals surface area contributed by atoms with Crippen LogP contribution in [0.5, 0.6) is 5.75 Å². The van der Waals surface area contributed by atoms with E-state index >= 15 is 0 Å². The van der Waals surface area contributed by atoms with Crippen LogP contribution in [0.25, 0.3) is 0 Å². The molecule has 3 amide bonds. The van der Waals surface area contributed by atoms with Gasteiger partial charge in [-0.3, -0.25) is 14.4 Å². The van der Waals surface area contributed by atoms with Crippen molar-refractivity contribution in [2.45, 2.75) is 13.8 Å². The minimum atomic E-state index is -0.937. The minimum absolute atomic E-state index is 0.172. The zero-order valence-electron chi connectivity index (χ0n) is 18.6. The van der Waals surface area contributed by atoms with E-state index in [1.807, 2.05) is 38.1 Å². The minimum Gasteiger partial charge on any atom is -0.484 e. The number of carbonyl (C=O) groups is 3. The van der Waals surface area contributed by atoms with Crippen molar-refractivity contribution in [2.75, 3.05) is 17.2 Å². The van der Waals surface area contributed by atoms with Crippen molar-refractivity contribution < 1.29 is 19.1 Å². The molecule has 9 heteroatoms. The van der Waals surface area contributed by atoms with Gasteiger partial charge in [0, 0.05) is 16.4 Å².